The van der Waals surface area contributed by atoms with E-state index in [0.717, 1.165) is 27.2 Å². The zero-order valence-corrected chi connectivity index (χ0v) is 20.2. The van der Waals surface area contributed by atoms with Gasteiger partial charge in [-0.15, -0.1) is 0 Å². The van der Waals surface area contributed by atoms with Gasteiger partial charge in [-0.3, -0.25) is 4.79 Å². The van der Waals surface area contributed by atoms with E-state index in [2.05, 4.69) is 15.4 Å². The third kappa shape index (κ3) is 5.23. The Hall–Kier alpha value is -3.24. The molecule has 33 heavy (non-hydrogen) atoms. The smallest absolute Gasteiger partial charge is 0.225 e. The van der Waals surface area contributed by atoms with Crippen molar-refractivity contribution in [3.8, 4) is 10.9 Å². The molecular formula is C23H24N4O4S2. The quantitative estimate of drug-likeness (QED) is 0.400. The SMILES string of the molecule is COc1ccc2nc(-n3nc(C)cc3NC(=O)CCCS(=O)(=O)c3ccc(C)cc3)sc2c1. The van der Waals surface area contributed by atoms with Crippen molar-refractivity contribution < 1.29 is 17.9 Å². The lowest BCUT2D eigenvalue weighted by atomic mass is 10.2. The molecule has 0 bridgehead atoms. The van der Waals surface area contributed by atoms with Crippen molar-refractivity contribution in [1.82, 2.24) is 14.8 Å². The Morgan fingerprint density at radius 2 is 1.88 bits per heavy atom. The van der Waals surface area contributed by atoms with Gasteiger partial charge in [0.1, 0.15) is 11.6 Å². The molecule has 172 valence electrons. The summed E-state index contributed by atoms with van der Waals surface area (Å²) in [6, 6.07) is 14.1. The molecule has 0 aliphatic heterocycles. The van der Waals surface area contributed by atoms with Crippen LogP contribution in [0.25, 0.3) is 15.3 Å². The van der Waals surface area contributed by atoms with Crippen LogP contribution in [0.1, 0.15) is 24.1 Å². The topological polar surface area (TPSA) is 103 Å². The summed E-state index contributed by atoms with van der Waals surface area (Å²) in [5.41, 5.74) is 2.53. The molecule has 0 radical (unpaired) electrons. The first-order valence-corrected chi connectivity index (χ1v) is 12.8. The van der Waals surface area contributed by atoms with E-state index in [-0.39, 0.29) is 29.4 Å². The second-order valence-corrected chi connectivity index (χ2v) is 10.8. The maximum Gasteiger partial charge on any atom is 0.225 e. The zero-order valence-electron chi connectivity index (χ0n) is 18.5. The number of amides is 1. The number of thiazole rings is 1. The van der Waals surface area contributed by atoms with Gasteiger partial charge >= 0.3 is 0 Å². The van der Waals surface area contributed by atoms with E-state index in [1.54, 1.807) is 42.1 Å². The van der Waals surface area contributed by atoms with E-state index in [1.807, 2.05) is 32.0 Å². The van der Waals surface area contributed by atoms with Crippen molar-refractivity contribution in [2.24, 2.45) is 0 Å². The Balaban J connectivity index is 1.43. The van der Waals surface area contributed by atoms with Gasteiger partial charge in [-0.2, -0.15) is 9.78 Å². The number of carbonyl (C=O) groups is 1. The van der Waals surface area contributed by atoms with Gasteiger partial charge in [-0.05, 0) is 50.6 Å². The normalized spacial score (nSPS) is 11.6. The first-order valence-electron chi connectivity index (χ1n) is 10.4. The van der Waals surface area contributed by atoms with E-state index in [4.69, 9.17) is 4.74 Å². The number of nitrogens with zero attached hydrogens (tertiary/aromatic N) is 3. The minimum absolute atomic E-state index is 0.0758. The van der Waals surface area contributed by atoms with Gasteiger partial charge < -0.3 is 10.1 Å². The molecule has 0 aliphatic rings. The predicted octanol–water partition coefficient (Wildman–Crippen LogP) is 4.30. The lowest BCUT2D eigenvalue weighted by molar-refractivity contribution is -0.116. The summed E-state index contributed by atoms with van der Waals surface area (Å²) in [4.78, 5) is 17.4. The van der Waals surface area contributed by atoms with Crippen molar-refractivity contribution in [3.63, 3.8) is 0 Å². The number of fused-ring (bicyclic) bond motifs is 1. The number of nitrogens with one attached hydrogen (secondary N) is 1. The van der Waals surface area contributed by atoms with Gasteiger partial charge in [0.15, 0.2) is 9.84 Å². The number of sulfone groups is 1. The molecule has 10 heteroatoms. The monoisotopic (exact) mass is 484 g/mol. The number of ether oxygens (including phenoxy) is 1. The molecule has 0 aliphatic carbocycles. The Morgan fingerprint density at radius 3 is 2.61 bits per heavy atom. The van der Waals surface area contributed by atoms with Gasteiger partial charge in [-0.1, -0.05) is 29.0 Å². The minimum Gasteiger partial charge on any atom is -0.497 e. The number of carbonyl (C=O) groups excluding carboxylic acids is 1. The lowest BCUT2D eigenvalue weighted by Crippen LogP contribution is -2.16. The van der Waals surface area contributed by atoms with Crippen LogP contribution in [0.3, 0.4) is 0 Å². The third-order valence-corrected chi connectivity index (χ3v) is 7.87. The summed E-state index contributed by atoms with van der Waals surface area (Å²) in [5.74, 6) is 0.855. The van der Waals surface area contributed by atoms with Crippen LogP contribution >= 0.6 is 11.3 Å². The number of aromatic nitrogens is 3. The van der Waals surface area contributed by atoms with Crippen LogP contribution in [0.15, 0.2) is 53.4 Å². The van der Waals surface area contributed by atoms with Crippen molar-refractivity contribution in [2.75, 3.05) is 18.2 Å². The fraction of sp³-hybridized carbons (Fsp3) is 0.261. The molecule has 2 aromatic carbocycles. The summed E-state index contributed by atoms with van der Waals surface area (Å²) >= 11 is 1.43. The molecule has 0 saturated carbocycles. The van der Waals surface area contributed by atoms with E-state index in [0.29, 0.717) is 10.9 Å². The molecule has 8 nitrogen and oxygen atoms in total. The number of hydrogen-bond acceptors (Lipinski definition) is 7. The molecular weight excluding hydrogens is 460 g/mol. The molecule has 0 unspecified atom stereocenters. The molecule has 0 saturated heterocycles. The van der Waals surface area contributed by atoms with Crippen LogP contribution in [0.5, 0.6) is 5.75 Å². The highest BCUT2D eigenvalue weighted by molar-refractivity contribution is 7.91. The molecule has 4 aromatic rings. The zero-order chi connectivity index (χ0) is 23.6. The largest absolute Gasteiger partial charge is 0.497 e. The summed E-state index contributed by atoms with van der Waals surface area (Å²) in [6.45, 7) is 3.73. The van der Waals surface area contributed by atoms with E-state index in [9.17, 15) is 13.2 Å². The summed E-state index contributed by atoms with van der Waals surface area (Å²) in [7, 11) is -1.82. The number of hydrogen-bond donors (Lipinski definition) is 1. The van der Waals surface area contributed by atoms with Crippen LogP contribution in [0.2, 0.25) is 0 Å². The van der Waals surface area contributed by atoms with Gasteiger partial charge in [0.05, 0.1) is 33.7 Å². The van der Waals surface area contributed by atoms with Crippen molar-refractivity contribution in [1.29, 1.82) is 0 Å². The Kier molecular flexibility index (Phi) is 6.48. The first kappa shape index (κ1) is 22.9. The molecule has 1 amide bonds. The minimum atomic E-state index is -3.43. The van der Waals surface area contributed by atoms with Gasteiger partial charge in [0, 0.05) is 12.5 Å². The fourth-order valence-corrected chi connectivity index (χ4v) is 5.61. The third-order valence-electron chi connectivity index (χ3n) is 5.06. The maximum atomic E-state index is 12.5. The number of aryl methyl sites for hydroxylation is 2. The lowest BCUT2D eigenvalue weighted by Gasteiger charge is -2.07. The number of anilines is 1. The van der Waals surface area contributed by atoms with Crippen LogP contribution in [0.4, 0.5) is 5.82 Å². The molecule has 0 spiro atoms. The van der Waals surface area contributed by atoms with E-state index < -0.39 is 9.84 Å². The highest BCUT2D eigenvalue weighted by atomic mass is 32.2. The molecule has 0 atom stereocenters. The van der Waals surface area contributed by atoms with Crippen molar-refractivity contribution in [3.05, 3.63) is 59.8 Å². The Labute approximate surface area is 196 Å². The molecule has 1 N–H and O–H groups in total. The highest BCUT2D eigenvalue weighted by Gasteiger charge is 2.17. The molecule has 2 aromatic heterocycles. The summed E-state index contributed by atoms with van der Waals surface area (Å²) in [5, 5.41) is 7.91. The van der Waals surface area contributed by atoms with Crippen molar-refractivity contribution in [2.45, 2.75) is 31.6 Å². The second kappa shape index (κ2) is 9.32. The standard InChI is InChI=1S/C23H24N4O4S2/c1-15-6-9-18(10-7-15)33(29,30)12-4-5-22(28)25-21-13-16(2)26-27(21)23-24-19-11-8-17(31-3)14-20(19)32-23/h6-11,13-14H,4-5,12H2,1-3H3,(H,25,28). The number of methoxy groups -OCH3 is 1. The molecule has 4 rings (SSSR count). The molecule has 0 fully saturated rings. The van der Waals surface area contributed by atoms with Crippen LogP contribution in [-0.2, 0) is 14.6 Å². The van der Waals surface area contributed by atoms with Crippen LogP contribution in [0, 0.1) is 13.8 Å². The maximum absolute atomic E-state index is 12.5. The summed E-state index contributed by atoms with van der Waals surface area (Å²) in [6.07, 6.45) is 0.294. The highest BCUT2D eigenvalue weighted by Crippen LogP contribution is 2.30. The van der Waals surface area contributed by atoms with Gasteiger partial charge in [-0.25, -0.2) is 13.4 Å². The van der Waals surface area contributed by atoms with Gasteiger partial charge in [0.2, 0.25) is 11.0 Å². The fourth-order valence-electron chi connectivity index (χ4n) is 3.34. The van der Waals surface area contributed by atoms with Crippen LogP contribution in [-0.4, -0.2) is 42.0 Å². The Bertz CT molecular complexity index is 1410. The average Bonchev–Trinajstić information content (AvgIpc) is 3.36. The number of rotatable bonds is 8. The van der Waals surface area contributed by atoms with Gasteiger partial charge in [0.25, 0.3) is 0 Å². The summed E-state index contributed by atoms with van der Waals surface area (Å²) < 4.78 is 32.8. The molecule has 2 heterocycles. The number of benzene rings is 2. The first-order chi connectivity index (χ1) is 15.7. The second-order valence-electron chi connectivity index (χ2n) is 7.70. The van der Waals surface area contributed by atoms with Crippen molar-refractivity contribution >= 4 is 43.1 Å². The predicted molar refractivity (Wildman–Crippen MR) is 129 cm³/mol. The Morgan fingerprint density at radius 1 is 1.12 bits per heavy atom. The van der Waals surface area contributed by atoms with E-state index >= 15 is 0 Å². The average molecular weight is 485 g/mol. The van der Waals surface area contributed by atoms with E-state index in [1.165, 1.54) is 11.3 Å². The van der Waals surface area contributed by atoms with Crippen LogP contribution < -0.4 is 10.1 Å².